The third-order valence-corrected chi connectivity index (χ3v) is 5.09. The number of ether oxygens (including phenoxy) is 1. The maximum Gasteiger partial charge on any atom is 0.405 e. The Hall–Kier alpha value is -1.44. The third-order valence-electron chi connectivity index (χ3n) is 4.50. The first kappa shape index (κ1) is 16.4. The number of nitrogens with two attached hydrogens (primary N) is 1. The fraction of sp³-hybridized carbons (Fsp3) is 0.471. The lowest BCUT2D eigenvalue weighted by Crippen LogP contribution is -2.44. The SMILES string of the molecule is CC(C)(CC1(c2ccc3cc(I)cnc3n2)CCC1)OC(N)=O. The van der Waals surface area contributed by atoms with Crippen molar-refractivity contribution in [3.05, 3.63) is 33.7 Å². The molecule has 122 valence electrons. The standard InChI is InChI=1S/C17H20IN3O2/c1-16(2,23-15(19)22)10-17(6-3-7-17)13-5-4-11-8-12(18)9-20-14(11)21-13/h4-5,8-9H,3,6-7,10H2,1-2H3,(H2,19,22). The number of rotatable bonds is 4. The van der Waals surface area contributed by atoms with Crippen molar-refractivity contribution in [3.63, 3.8) is 0 Å². The number of carbonyl (C=O) groups excluding carboxylic acids is 1. The zero-order valence-corrected chi connectivity index (χ0v) is 15.5. The average molecular weight is 425 g/mol. The summed E-state index contributed by atoms with van der Waals surface area (Å²) in [5, 5.41) is 1.04. The van der Waals surface area contributed by atoms with E-state index < -0.39 is 11.7 Å². The van der Waals surface area contributed by atoms with Crippen LogP contribution in [0.2, 0.25) is 0 Å². The Morgan fingerprint density at radius 1 is 1.43 bits per heavy atom. The molecule has 6 heteroatoms. The Morgan fingerprint density at radius 2 is 2.17 bits per heavy atom. The van der Waals surface area contributed by atoms with E-state index in [4.69, 9.17) is 15.5 Å². The summed E-state index contributed by atoms with van der Waals surface area (Å²) in [6, 6.07) is 6.24. The van der Waals surface area contributed by atoms with Gasteiger partial charge in [0.15, 0.2) is 5.65 Å². The second-order valence-corrected chi connectivity index (χ2v) is 8.13. The van der Waals surface area contributed by atoms with Crippen LogP contribution in [0.1, 0.15) is 45.2 Å². The molecule has 1 saturated carbocycles. The molecule has 0 aliphatic heterocycles. The predicted molar refractivity (Wildman–Crippen MR) is 97.1 cm³/mol. The molecule has 3 rings (SSSR count). The van der Waals surface area contributed by atoms with Gasteiger partial charge in [0, 0.05) is 26.3 Å². The second kappa shape index (κ2) is 5.89. The minimum atomic E-state index is -0.729. The number of fused-ring (bicyclic) bond motifs is 1. The highest BCUT2D eigenvalue weighted by Crippen LogP contribution is 2.49. The van der Waals surface area contributed by atoms with E-state index in [2.05, 4.69) is 45.8 Å². The van der Waals surface area contributed by atoms with Crippen molar-refractivity contribution in [1.29, 1.82) is 0 Å². The van der Waals surface area contributed by atoms with Crippen molar-refractivity contribution in [1.82, 2.24) is 9.97 Å². The van der Waals surface area contributed by atoms with Crippen LogP contribution in [0.25, 0.3) is 11.0 Å². The number of hydrogen-bond donors (Lipinski definition) is 1. The molecular formula is C17H20IN3O2. The van der Waals surface area contributed by atoms with Crippen molar-refractivity contribution in [2.24, 2.45) is 5.73 Å². The maximum absolute atomic E-state index is 11.1. The minimum absolute atomic E-state index is 0.0577. The Bertz CT molecular complexity index is 757. The van der Waals surface area contributed by atoms with E-state index in [1.807, 2.05) is 20.0 Å². The Morgan fingerprint density at radius 3 is 2.78 bits per heavy atom. The summed E-state index contributed by atoms with van der Waals surface area (Å²) >= 11 is 2.25. The van der Waals surface area contributed by atoms with Gasteiger partial charge in [-0.1, -0.05) is 6.42 Å². The molecule has 0 saturated heterocycles. The van der Waals surface area contributed by atoms with Crippen LogP contribution in [0.15, 0.2) is 24.4 Å². The number of hydrogen-bond acceptors (Lipinski definition) is 4. The van der Waals surface area contributed by atoms with Gasteiger partial charge in [-0.2, -0.15) is 0 Å². The number of halogens is 1. The van der Waals surface area contributed by atoms with Gasteiger partial charge in [-0.15, -0.1) is 0 Å². The number of carbonyl (C=O) groups is 1. The number of amides is 1. The highest BCUT2D eigenvalue weighted by Gasteiger charge is 2.45. The van der Waals surface area contributed by atoms with Crippen molar-refractivity contribution in [2.45, 2.75) is 50.5 Å². The summed E-state index contributed by atoms with van der Waals surface area (Å²) in [4.78, 5) is 20.3. The molecule has 1 fully saturated rings. The van der Waals surface area contributed by atoms with E-state index in [9.17, 15) is 4.79 Å². The van der Waals surface area contributed by atoms with E-state index in [-0.39, 0.29) is 5.41 Å². The van der Waals surface area contributed by atoms with Crippen molar-refractivity contribution >= 4 is 39.7 Å². The third kappa shape index (κ3) is 3.41. The van der Waals surface area contributed by atoms with Gasteiger partial charge in [-0.3, -0.25) is 0 Å². The lowest BCUT2D eigenvalue weighted by Gasteiger charge is -2.45. The van der Waals surface area contributed by atoms with Crippen LogP contribution in [0, 0.1) is 3.57 Å². The lowest BCUT2D eigenvalue weighted by atomic mass is 9.61. The fourth-order valence-electron chi connectivity index (χ4n) is 3.53. The van der Waals surface area contributed by atoms with Crippen LogP contribution in [0.3, 0.4) is 0 Å². The normalized spacial score (nSPS) is 16.8. The summed E-state index contributed by atoms with van der Waals surface area (Å²) in [5.41, 5.74) is 6.33. The van der Waals surface area contributed by atoms with Crippen LogP contribution in [-0.4, -0.2) is 21.7 Å². The zero-order chi connectivity index (χ0) is 16.7. The van der Waals surface area contributed by atoms with Crippen LogP contribution >= 0.6 is 22.6 Å². The van der Waals surface area contributed by atoms with E-state index >= 15 is 0 Å². The molecule has 0 spiro atoms. The van der Waals surface area contributed by atoms with Crippen LogP contribution in [0.4, 0.5) is 4.79 Å². The molecule has 0 atom stereocenters. The average Bonchev–Trinajstić information content (AvgIpc) is 2.41. The molecule has 0 radical (unpaired) electrons. The van der Waals surface area contributed by atoms with E-state index in [1.165, 1.54) is 0 Å². The van der Waals surface area contributed by atoms with Gasteiger partial charge in [-0.05, 0) is 73.9 Å². The molecule has 5 nitrogen and oxygen atoms in total. The summed E-state index contributed by atoms with van der Waals surface area (Å²) in [5.74, 6) is 0. The van der Waals surface area contributed by atoms with Gasteiger partial charge in [-0.25, -0.2) is 14.8 Å². The molecule has 2 N–H and O–H groups in total. The molecule has 1 amide bonds. The number of nitrogens with zero attached hydrogens (tertiary/aromatic N) is 2. The Balaban J connectivity index is 1.94. The number of pyridine rings is 2. The number of aromatic nitrogens is 2. The van der Waals surface area contributed by atoms with Crippen molar-refractivity contribution in [2.75, 3.05) is 0 Å². The van der Waals surface area contributed by atoms with Crippen LogP contribution < -0.4 is 5.73 Å². The topological polar surface area (TPSA) is 78.1 Å². The predicted octanol–water partition coefficient (Wildman–Crippen LogP) is 3.92. The van der Waals surface area contributed by atoms with Gasteiger partial charge in [0.05, 0.1) is 0 Å². The van der Waals surface area contributed by atoms with E-state index in [1.54, 1.807) is 0 Å². The van der Waals surface area contributed by atoms with E-state index in [0.717, 1.165) is 39.6 Å². The van der Waals surface area contributed by atoms with Crippen LogP contribution in [0.5, 0.6) is 0 Å². The molecule has 23 heavy (non-hydrogen) atoms. The monoisotopic (exact) mass is 425 g/mol. The molecular weight excluding hydrogens is 405 g/mol. The first-order chi connectivity index (χ1) is 10.8. The van der Waals surface area contributed by atoms with Crippen molar-refractivity contribution in [3.8, 4) is 0 Å². The summed E-state index contributed by atoms with van der Waals surface area (Å²) < 4.78 is 6.38. The second-order valence-electron chi connectivity index (χ2n) is 6.89. The quantitative estimate of drug-likeness (QED) is 0.754. The van der Waals surface area contributed by atoms with Gasteiger partial charge in [0.2, 0.25) is 0 Å². The molecule has 0 unspecified atom stereocenters. The van der Waals surface area contributed by atoms with Gasteiger partial charge in [0.1, 0.15) is 5.60 Å². The van der Waals surface area contributed by atoms with Gasteiger partial charge >= 0.3 is 6.09 Å². The molecule has 0 aromatic carbocycles. The molecule has 1 aliphatic rings. The van der Waals surface area contributed by atoms with Crippen molar-refractivity contribution < 1.29 is 9.53 Å². The Labute approximate surface area is 149 Å². The summed E-state index contributed by atoms with van der Waals surface area (Å²) in [7, 11) is 0. The van der Waals surface area contributed by atoms with E-state index in [0.29, 0.717) is 6.42 Å². The smallest absolute Gasteiger partial charge is 0.405 e. The fourth-order valence-corrected chi connectivity index (χ4v) is 4.00. The first-order valence-corrected chi connectivity index (χ1v) is 8.79. The number of primary amides is 1. The molecule has 2 heterocycles. The largest absolute Gasteiger partial charge is 0.444 e. The highest BCUT2D eigenvalue weighted by molar-refractivity contribution is 14.1. The lowest BCUT2D eigenvalue weighted by molar-refractivity contribution is 0.00413. The highest BCUT2D eigenvalue weighted by atomic mass is 127. The zero-order valence-electron chi connectivity index (χ0n) is 13.3. The summed E-state index contributed by atoms with van der Waals surface area (Å²) in [6.45, 7) is 3.80. The van der Waals surface area contributed by atoms with Crippen LogP contribution in [-0.2, 0) is 10.2 Å². The van der Waals surface area contributed by atoms with Gasteiger partial charge < -0.3 is 10.5 Å². The first-order valence-electron chi connectivity index (χ1n) is 7.71. The Kier molecular flexibility index (Phi) is 4.20. The summed E-state index contributed by atoms with van der Waals surface area (Å²) in [6.07, 6.45) is 5.06. The maximum atomic E-state index is 11.1. The molecule has 0 bridgehead atoms. The molecule has 2 aromatic rings. The molecule has 1 aliphatic carbocycles. The molecule has 2 aromatic heterocycles. The van der Waals surface area contributed by atoms with Gasteiger partial charge in [0.25, 0.3) is 0 Å². The minimum Gasteiger partial charge on any atom is -0.444 e.